The van der Waals surface area contributed by atoms with Gasteiger partial charge in [0.15, 0.2) is 0 Å². The first-order valence-electron chi connectivity index (χ1n) is 6.44. The second-order valence-electron chi connectivity index (χ2n) is 4.93. The molecule has 0 saturated carbocycles. The summed E-state index contributed by atoms with van der Waals surface area (Å²) in [4.78, 5) is 2.39. The van der Waals surface area contributed by atoms with E-state index in [1.807, 2.05) is 12.1 Å². The van der Waals surface area contributed by atoms with Gasteiger partial charge in [0.2, 0.25) is 0 Å². The highest BCUT2D eigenvalue weighted by molar-refractivity contribution is 5.62. The van der Waals surface area contributed by atoms with Crippen LogP contribution in [-0.2, 0) is 0 Å². The number of likely N-dealkylation sites (tertiary alicyclic amines) is 1. The van der Waals surface area contributed by atoms with Crippen molar-refractivity contribution in [3.8, 4) is 6.07 Å². The molecule has 4 heteroatoms. The molecule has 1 aliphatic rings. The van der Waals surface area contributed by atoms with Crippen molar-refractivity contribution in [1.82, 2.24) is 4.90 Å². The molecule has 3 N–H and O–H groups in total. The van der Waals surface area contributed by atoms with Gasteiger partial charge in [-0.1, -0.05) is 6.42 Å². The summed E-state index contributed by atoms with van der Waals surface area (Å²) in [6.07, 6.45) is 3.81. The quantitative estimate of drug-likeness (QED) is 0.799. The van der Waals surface area contributed by atoms with Crippen molar-refractivity contribution in [3.05, 3.63) is 23.8 Å². The van der Waals surface area contributed by atoms with Crippen molar-refractivity contribution < 1.29 is 0 Å². The van der Waals surface area contributed by atoms with Gasteiger partial charge in [-0.2, -0.15) is 5.26 Å². The van der Waals surface area contributed by atoms with E-state index in [0.717, 1.165) is 12.2 Å². The maximum absolute atomic E-state index is 9.08. The molecule has 0 aliphatic carbocycles. The van der Waals surface area contributed by atoms with E-state index in [1.165, 1.54) is 25.8 Å². The molecule has 1 fully saturated rings. The van der Waals surface area contributed by atoms with Crippen molar-refractivity contribution in [2.45, 2.75) is 25.3 Å². The molecule has 0 aromatic heterocycles. The summed E-state index contributed by atoms with van der Waals surface area (Å²) in [5.74, 6) is 0. The van der Waals surface area contributed by atoms with Crippen molar-refractivity contribution in [2.24, 2.45) is 0 Å². The van der Waals surface area contributed by atoms with Gasteiger partial charge in [-0.15, -0.1) is 0 Å². The summed E-state index contributed by atoms with van der Waals surface area (Å²) in [5, 5.41) is 12.4. The number of likely N-dealkylation sites (N-methyl/N-ethyl adjacent to an activating group) is 1. The third-order valence-corrected chi connectivity index (χ3v) is 3.61. The molecule has 1 saturated heterocycles. The molecule has 1 heterocycles. The van der Waals surface area contributed by atoms with Crippen LogP contribution in [-0.4, -0.2) is 31.1 Å². The number of hydrogen-bond donors (Lipinski definition) is 2. The van der Waals surface area contributed by atoms with E-state index in [0.29, 0.717) is 17.3 Å². The van der Waals surface area contributed by atoms with Gasteiger partial charge in [-0.3, -0.25) is 0 Å². The fourth-order valence-electron chi connectivity index (χ4n) is 2.44. The molecule has 1 atom stereocenters. The van der Waals surface area contributed by atoms with E-state index in [2.05, 4.69) is 23.3 Å². The Hall–Kier alpha value is -1.73. The van der Waals surface area contributed by atoms with Crippen LogP contribution in [0.4, 0.5) is 11.4 Å². The smallest absolute Gasteiger partial charge is 0.101 e. The van der Waals surface area contributed by atoms with E-state index >= 15 is 0 Å². The van der Waals surface area contributed by atoms with Gasteiger partial charge in [0.05, 0.1) is 11.3 Å². The van der Waals surface area contributed by atoms with Crippen LogP contribution in [0.2, 0.25) is 0 Å². The normalized spacial score (nSPS) is 20.3. The Morgan fingerprint density at radius 1 is 1.50 bits per heavy atom. The molecule has 1 aromatic rings. The Morgan fingerprint density at radius 2 is 2.33 bits per heavy atom. The Bertz CT molecular complexity index is 450. The lowest BCUT2D eigenvalue weighted by molar-refractivity contribution is 0.194. The van der Waals surface area contributed by atoms with Gasteiger partial charge < -0.3 is 16.0 Å². The Morgan fingerprint density at radius 3 is 3.06 bits per heavy atom. The van der Waals surface area contributed by atoms with Crippen LogP contribution in [0.1, 0.15) is 24.8 Å². The highest BCUT2D eigenvalue weighted by atomic mass is 15.2. The molecule has 1 aromatic carbocycles. The van der Waals surface area contributed by atoms with Crippen LogP contribution in [0.25, 0.3) is 0 Å². The molecular formula is C14H20N4. The fourth-order valence-corrected chi connectivity index (χ4v) is 2.44. The van der Waals surface area contributed by atoms with E-state index in [4.69, 9.17) is 11.0 Å². The number of piperidine rings is 1. The molecule has 0 amide bonds. The van der Waals surface area contributed by atoms with E-state index in [-0.39, 0.29) is 0 Å². The summed E-state index contributed by atoms with van der Waals surface area (Å²) >= 11 is 0. The summed E-state index contributed by atoms with van der Waals surface area (Å²) in [6, 6.07) is 8.17. The minimum Gasteiger partial charge on any atom is -0.399 e. The van der Waals surface area contributed by atoms with Crippen molar-refractivity contribution in [2.75, 3.05) is 31.2 Å². The molecule has 2 rings (SSSR count). The minimum absolute atomic E-state index is 0.558. The molecular weight excluding hydrogens is 224 g/mol. The van der Waals surface area contributed by atoms with E-state index in [9.17, 15) is 0 Å². The SMILES string of the molecule is CN1CCCCC1CNc1ccc(N)cc1C#N. The van der Waals surface area contributed by atoms with E-state index in [1.54, 1.807) is 6.07 Å². The number of anilines is 2. The number of nitriles is 1. The predicted molar refractivity (Wildman–Crippen MR) is 74.3 cm³/mol. The van der Waals surface area contributed by atoms with Gasteiger partial charge in [0.1, 0.15) is 6.07 Å². The lowest BCUT2D eigenvalue weighted by Gasteiger charge is -2.32. The zero-order chi connectivity index (χ0) is 13.0. The first-order valence-corrected chi connectivity index (χ1v) is 6.44. The predicted octanol–water partition coefficient (Wildman–Crippen LogP) is 2.04. The van der Waals surface area contributed by atoms with Gasteiger partial charge >= 0.3 is 0 Å². The standard InChI is InChI=1S/C14H20N4/c1-18-7-3-2-4-13(18)10-17-14-6-5-12(16)8-11(14)9-15/h5-6,8,13,17H,2-4,7,10,16H2,1H3. The second kappa shape index (κ2) is 5.74. The number of nitrogens with one attached hydrogen (secondary N) is 1. The van der Waals surface area contributed by atoms with Gasteiger partial charge in [0, 0.05) is 18.3 Å². The molecule has 4 nitrogen and oxygen atoms in total. The maximum Gasteiger partial charge on any atom is 0.101 e. The largest absolute Gasteiger partial charge is 0.399 e. The van der Waals surface area contributed by atoms with Crippen LogP contribution < -0.4 is 11.1 Å². The summed E-state index contributed by atoms with van der Waals surface area (Å²) in [5.41, 5.74) is 7.81. The van der Waals surface area contributed by atoms with Gasteiger partial charge in [-0.05, 0) is 44.6 Å². The third-order valence-electron chi connectivity index (χ3n) is 3.61. The molecule has 0 bridgehead atoms. The monoisotopic (exact) mass is 244 g/mol. The average molecular weight is 244 g/mol. The molecule has 96 valence electrons. The van der Waals surface area contributed by atoms with E-state index < -0.39 is 0 Å². The molecule has 1 aliphatic heterocycles. The molecule has 0 radical (unpaired) electrons. The number of rotatable bonds is 3. The van der Waals surface area contributed by atoms with Crippen molar-refractivity contribution >= 4 is 11.4 Å². The van der Waals surface area contributed by atoms with Crippen molar-refractivity contribution in [1.29, 1.82) is 5.26 Å². The zero-order valence-electron chi connectivity index (χ0n) is 10.8. The highest BCUT2D eigenvalue weighted by Gasteiger charge is 2.18. The van der Waals surface area contributed by atoms with Gasteiger partial charge in [0.25, 0.3) is 0 Å². The minimum atomic E-state index is 0.558. The van der Waals surface area contributed by atoms with Gasteiger partial charge in [-0.25, -0.2) is 0 Å². The van der Waals surface area contributed by atoms with Crippen molar-refractivity contribution in [3.63, 3.8) is 0 Å². The first-order chi connectivity index (χ1) is 8.70. The van der Waals surface area contributed by atoms with Crippen LogP contribution >= 0.6 is 0 Å². The summed E-state index contributed by atoms with van der Waals surface area (Å²) in [6.45, 7) is 2.05. The summed E-state index contributed by atoms with van der Waals surface area (Å²) in [7, 11) is 2.17. The summed E-state index contributed by atoms with van der Waals surface area (Å²) < 4.78 is 0. The Labute approximate surface area is 108 Å². The topological polar surface area (TPSA) is 65.1 Å². The highest BCUT2D eigenvalue weighted by Crippen LogP contribution is 2.20. The second-order valence-corrected chi connectivity index (χ2v) is 4.93. The molecule has 0 spiro atoms. The third kappa shape index (κ3) is 2.93. The zero-order valence-corrected chi connectivity index (χ0v) is 10.8. The number of nitrogen functional groups attached to an aromatic ring is 1. The maximum atomic E-state index is 9.08. The lowest BCUT2D eigenvalue weighted by Crippen LogP contribution is -2.40. The van der Waals surface area contributed by atoms with Crippen LogP contribution in [0.15, 0.2) is 18.2 Å². The fraction of sp³-hybridized carbons (Fsp3) is 0.500. The van der Waals surface area contributed by atoms with Crippen LogP contribution in [0, 0.1) is 11.3 Å². The van der Waals surface area contributed by atoms with Crippen LogP contribution in [0.3, 0.4) is 0 Å². The number of nitrogens with zero attached hydrogens (tertiary/aromatic N) is 2. The first kappa shape index (κ1) is 12.7. The number of hydrogen-bond acceptors (Lipinski definition) is 4. The lowest BCUT2D eigenvalue weighted by atomic mass is 10.0. The number of benzene rings is 1. The average Bonchev–Trinajstić information content (AvgIpc) is 2.39. The molecule has 1 unspecified atom stereocenters. The Balaban J connectivity index is 1.99. The van der Waals surface area contributed by atoms with Crippen LogP contribution in [0.5, 0.6) is 0 Å². The molecule has 18 heavy (non-hydrogen) atoms. The Kier molecular flexibility index (Phi) is 4.06. The number of nitrogens with two attached hydrogens (primary N) is 1.